The molecule has 0 aliphatic carbocycles. The van der Waals surface area contributed by atoms with Gasteiger partial charge in [0, 0.05) is 12.1 Å². The van der Waals surface area contributed by atoms with Crippen LogP contribution < -0.4 is 15.4 Å². The summed E-state index contributed by atoms with van der Waals surface area (Å²) in [5.74, 6) is -0.743. The van der Waals surface area contributed by atoms with Gasteiger partial charge in [0.1, 0.15) is 11.6 Å². The molecule has 8 heteroatoms. The third-order valence-electron chi connectivity index (χ3n) is 4.93. The van der Waals surface area contributed by atoms with E-state index in [1.807, 2.05) is 31.2 Å². The van der Waals surface area contributed by atoms with E-state index in [2.05, 4.69) is 22.7 Å². The van der Waals surface area contributed by atoms with Crippen molar-refractivity contribution in [3.8, 4) is 17.3 Å². The predicted octanol–water partition coefficient (Wildman–Crippen LogP) is 6.46. The quantitative estimate of drug-likeness (QED) is 0.356. The first-order valence-corrected chi connectivity index (χ1v) is 10.4. The van der Waals surface area contributed by atoms with Crippen molar-refractivity contribution in [2.45, 2.75) is 20.3 Å². The molecule has 0 saturated carbocycles. The molecule has 0 unspecified atom stereocenters. The molecule has 0 aliphatic rings. The largest absolute Gasteiger partial charge is 0.437 e. The summed E-state index contributed by atoms with van der Waals surface area (Å²) < 4.78 is 34.8. The van der Waals surface area contributed by atoms with E-state index in [0.717, 1.165) is 35.5 Å². The van der Waals surface area contributed by atoms with Crippen LogP contribution >= 0.6 is 0 Å². The molecular weight excluding hydrogens is 426 g/mol. The smallest absolute Gasteiger partial charge is 0.323 e. The molecule has 0 spiro atoms. The fourth-order valence-electron chi connectivity index (χ4n) is 3.38. The van der Waals surface area contributed by atoms with Gasteiger partial charge in [-0.3, -0.25) is 0 Å². The zero-order valence-corrected chi connectivity index (χ0v) is 18.1. The molecule has 1 aromatic heterocycles. The van der Waals surface area contributed by atoms with Crippen LogP contribution in [-0.4, -0.2) is 15.8 Å². The van der Waals surface area contributed by atoms with Gasteiger partial charge in [-0.05, 0) is 49.2 Å². The molecule has 2 N–H and O–H groups in total. The van der Waals surface area contributed by atoms with Crippen molar-refractivity contribution in [2.75, 3.05) is 10.6 Å². The molecule has 33 heavy (non-hydrogen) atoms. The number of amides is 2. The van der Waals surface area contributed by atoms with Crippen molar-refractivity contribution < 1.29 is 18.3 Å². The number of rotatable bonds is 6. The fraction of sp³-hybridized carbons (Fsp3) is 0.120. The lowest BCUT2D eigenvalue weighted by molar-refractivity contribution is 0.262. The lowest BCUT2D eigenvalue weighted by Gasteiger charge is -2.15. The first-order chi connectivity index (χ1) is 15.9. The number of benzene rings is 3. The van der Waals surface area contributed by atoms with Gasteiger partial charge in [0.2, 0.25) is 5.88 Å². The van der Waals surface area contributed by atoms with Gasteiger partial charge in [-0.15, -0.1) is 0 Å². The Morgan fingerprint density at radius 1 is 0.970 bits per heavy atom. The summed E-state index contributed by atoms with van der Waals surface area (Å²) in [5, 5.41) is 9.58. The average molecular weight is 448 g/mol. The van der Waals surface area contributed by atoms with E-state index in [1.165, 1.54) is 0 Å². The number of carbonyl (C=O) groups is 1. The van der Waals surface area contributed by atoms with E-state index in [4.69, 9.17) is 4.74 Å². The predicted molar refractivity (Wildman–Crippen MR) is 123 cm³/mol. The van der Waals surface area contributed by atoms with Gasteiger partial charge >= 0.3 is 6.03 Å². The molecule has 0 fully saturated rings. The standard InChI is InChI=1S/C25H22F2N4O2/c1-3-17-8-4-6-10-22(17)31-24(14-16(2)30-31)33-23-11-7-5-9-21(23)29-25(32)28-20-13-12-18(26)15-19(20)27/h4-15H,3H2,1-2H3,(H2,28,29,32). The number of urea groups is 1. The molecule has 0 radical (unpaired) electrons. The van der Waals surface area contributed by atoms with Gasteiger partial charge < -0.3 is 15.4 Å². The third-order valence-corrected chi connectivity index (χ3v) is 4.93. The molecule has 4 rings (SSSR count). The van der Waals surface area contributed by atoms with Crippen molar-refractivity contribution >= 4 is 17.4 Å². The van der Waals surface area contributed by atoms with E-state index in [-0.39, 0.29) is 5.69 Å². The zero-order chi connectivity index (χ0) is 23.4. The molecular formula is C25H22F2N4O2. The number of ether oxygens (including phenoxy) is 1. The zero-order valence-electron chi connectivity index (χ0n) is 18.1. The molecule has 2 amide bonds. The molecule has 3 aromatic carbocycles. The Labute approximate surface area is 189 Å². The summed E-state index contributed by atoms with van der Waals surface area (Å²) in [7, 11) is 0. The van der Waals surface area contributed by atoms with Crippen molar-refractivity contribution in [3.05, 3.63) is 95.7 Å². The number of anilines is 2. The Balaban J connectivity index is 1.58. The van der Waals surface area contributed by atoms with E-state index in [1.54, 1.807) is 35.0 Å². The van der Waals surface area contributed by atoms with Crippen LogP contribution in [0.15, 0.2) is 72.8 Å². The monoisotopic (exact) mass is 448 g/mol. The molecule has 1 heterocycles. The van der Waals surface area contributed by atoms with Gasteiger partial charge in [-0.1, -0.05) is 37.3 Å². The summed E-state index contributed by atoms with van der Waals surface area (Å²) in [6.45, 7) is 3.93. The minimum Gasteiger partial charge on any atom is -0.437 e. The second kappa shape index (κ2) is 9.52. The highest BCUT2D eigenvalue weighted by atomic mass is 19.1. The summed E-state index contributed by atoms with van der Waals surface area (Å²) in [6, 6.07) is 18.8. The minimum atomic E-state index is -0.872. The second-order valence-corrected chi connectivity index (χ2v) is 7.32. The van der Waals surface area contributed by atoms with Crippen LogP contribution in [0.25, 0.3) is 5.69 Å². The highest BCUT2D eigenvalue weighted by Gasteiger charge is 2.16. The fourth-order valence-corrected chi connectivity index (χ4v) is 3.38. The summed E-state index contributed by atoms with van der Waals surface area (Å²) in [4.78, 5) is 12.4. The number of carbonyl (C=O) groups excluding carboxylic acids is 1. The van der Waals surface area contributed by atoms with E-state index >= 15 is 0 Å². The maximum absolute atomic E-state index is 13.9. The molecule has 0 atom stereocenters. The van der Waals surface area contributed by atoms with E-state index in [9.17, 15) is 13.6 Å². The maximum atomic E-state index is 13.9. The molecule has 6 nitrogen and oxygen atoms in total. The number of aryl methyl sites for hydroxylation is 2. The second-order valence-electron chi connectivity index (χ2n) is 7.32. The van der Waals surface area contributed by atoms with Crippen LogP contribution in [0.2, 0.25) is 0 Å². The van der Waals surface area contributed by atoms with Crippen molar-refractivity contribution in [1.29, 1.82) is 0 Å². The number of hydrogen-bond acceptors (Lipinski definition) is 3. The molecule has 0 bridgehead atoms. The normalized spacial score (nSPS) is 10.7. The van der Waals surface area contributed by atoms with Crippen molar-refractivity contribution in [2.24, 2.45) is 0 Å². The first kappa shape index (κ1) is 22.0. The summed E-state index contributed by atoms with van der Waals surface area (Å²) >= 11 is 0. The molecule has 4 aromatic rings. The Morgan fingerprint density at radius 2 is 1.70 bits per heavy atom. The number of halogens is 2. The number of nitrogens with zero attached hydrogens (tertiary/aromatic N) is 2. The lowest BCUT2D eigenvalue weighted by atomic mass is 10.1. The van der Waals surface area contributed by atoms with Crippen molar-refractivity contribution in [3.63, 3.8) is 0 Å². The number of nitrogens with one attached hydrogen (secondary N) is 2. The molecule has 0 aliphatic heterocycles. The minimum absolute atomic E-state index is 0.142. The average Bonchev–Trinajstić information content (AvgIpc) is 3.16. The van der Waals surface area contributed by atoms with E-state index in [0.29, 0.717) is 23.4 Å². The SMILES string of the molecule is CCc1ccccc1-n1nc(C)cc1Oc1ccccc1NC(=O)Nc1ccc(F)cc1F. The Kier molecular flexibility index (Phi) is 6.35. The van der Waals surface area contributed by atoms with Crippen LogP contribution in [0.1, 0.15) is 18.2 Å². The summed E-state index contributed by atoms with van der Waals surface area (Å²) in [6.07, 6.45) is 0.826. The van der Waals surface area contributed by atoms with Crippen LogP contribution in [-0.2, 0) is 6.42 Å². The van der Waals surface area contributed by atoms with Crippen LogP contribution in [0.4, 0.5) is 25.0 Å². The number of para-hydroxylation sites is 3. The Hall–Kier alpha value is -4.20. The Morgan fingerprint density at radius 3 is 2.48 bits per heavy atom. The van der Waals surface area contributed by atoms with Crippen LogP contribution in [0.3, 0.4) is 0 Å². The number of hydrogen-bond donors (Lipinski definition) is 2. The summed E-state index contributed by atoms with van der Waals surface area (Å²) in [5.41, 5.74) is 3.00. The lowest BCUT2D eigenvalue weighted by Crippen LogP contribution is -2.20. The highest BCUT2D eigenvalue weighted by molar-refractivity contribution is 6.00. The Bertz CT molecular complexity index is 1300. The first-order valence-electron chi connectivity index (χ1n) is 10.4. The van der Waals surface area contributed by atoms with Crippen molar-refractivity contribution in [1.82, 2.24) is 9.78 Å². The van der Waals surface area contributed by atoms with Gasteiger partial charge in [-0.25, -0.2) is 18.3 Å². The van der Waals surface area contributed by atoms with Gasteiger partial charge in [0.15, 0.2) is 5.75 Å². The maximum Gasteiger partial charge on any atom is 0.323 e. The topological polar surface area (TPSA) is 68.2 Å². The van der Waals surface area contributed by atoms with Crippen LogP contribution in [0, 0.1) is 18.6 Å². The van der Waals surface area contributed by atoms with Gasteiger partial charge in [0.25, 0.3) is 0 Å². The van der Waals surface area contributed by atoms with Crippen LogP contribution in [0.5, 0.6) is 11.6 Å². The number of aromatic nitrogens is 2. The molecule has 0 saturated heterocycles. The third kappa shape index (κ3) is 5.01. The highest BCUT2D eigenvalue weighted by Crippen LogP contribution is 2.32. The van der Waals surface area contributed by atoms with Gasteiger partial charge in [0.05, 0.1) is 22.8 Å². The van der Waals surface area contributed by atoms with E-state index < -0.39 is 17.7 Å². The molecule has 168 valence electrons. The van der Waals surface area contributed by atoms with Gasteiger partial charge in [-0.2, -0.15) is 5.10 Å².